The zero-order chi connectivity index (χ0) is 24.6. The van der Waals surface area contributed by atoms with Gasteiger partial charge in [-0.05, 0) is 28.3 Å². The second-order valence-electron chi connectivity index (χ2n) is 9.05. The van der Waals surface area contributed by atoms with Crippen molar-refractivity contribution in [1.82, 2.24) is 9.88 Å². The molecule has 0 amide bonds. The van der Waals surface area contributed by atoms with E-state index in [0.29, 0.717) is 19.5 Å². The fourth-order valence-corrected chi connectivity index (χ4v) is 4.61. The predicted molar refractivity (Wildman–Crippen MR) is 144 cm³/mol. The summed E-state index contributed by atoms with van der Waals surface area (Å²) in [5.41, 5.74) is 5.48. The van der Waals surface area contributed by atoms with Crippen LogP contribution in [0.4, 0.5) is 0 Å². The third-order valence-corrected chi connectivity index (χ3v) is 6.48. The molecule has 0 saturated heterocycles. The average Bonchev–Trinajstić information content (AvgIpc) is 3.35. The van der Waals surface area contributed by atoms with Gasteiger partial charge in [0, 0.05) is 36.6 Å². The molecule has 0 saturated carbocycles. The highest BCUT2D eigenvalue weighted by Gasteiger charge is 2.29. The largest absolute Gasteiger partial charge is 0.460 e. The van der Waals surface area contributed by atoms with Crippen molar-refractivity contribution >= 4 is 16.9 Å². The Kier molecular flexibility index (Phi) is 7.55. The lowest BCUT2D eigenvalue weighted by Crippen LogP contribution is -2.43. The molecule has 0 radical (unpaired) electrons. The minimum Gasteiger partial charge on any atom is -0.460 e. The zero-order valence-electron chi connectivity index (χ0n) is 20.2. The fourth-order valence-electron chi connectivity index (χ4n) is 4.61. The van der Waals surface area contributed by atoms with Crippen molar-refractivity contribution in [2.24, 2.45) is 0 Å². The number of aromatic amines is 1. The maximum atomic E-state index is 13.7. The van der Waals surface area contributed by atoms with Gasteiger partial charge in [0.05, 0.1) is 0 Å². The summed E-state index contributed by atoms with van der Waals surface area (Å²) in [7, 11) is 0. The van der Waals surface area contributed by atoms with Crippen LogP contribution >= 0.6 is 0 Å². The minimum atomic E-state index is -0.451. The molecule has 5 aromatic rings. The first kappa shape index (κ1) is 23.6. The van der Waals surface area contributed by atoms with Crippen molar-refractivity contribution in [3.63, 3.8) is 0 Å². The number of carbonyl (C=O) groups is 1. The van der Waals surface area contributed by atoms with Gasteiger partial charge in [-0.1, -0.05) is 109 Å². The van der Waals surface area contributed by atoms with Crippen LogP contribution < -0.4 is 0 Å². The van der Waals surface area contributed by atoms with Gasteiger partial charge in [-0.25, -0.2) is 0 Å². The number of fused-ring (bicyclic) bond motifs is 1. The van der Waals surface area contributed by atoms with Gasteiger partial charge in [-0.2, -0.15) is 0 Å². The van der Waals surface area contributed by atoms with Crippen LogP contribution in [0.3, 0.4) is 0 Å². The highest BCUT2D eigenvalue weighted by Crippen LogP contribution is 2.24. The van der Waals surface area contributed by atoms with E-state index in [4.69, 9.17) is 4.74 Å². The summed E-state index contributed by atoms with van der Waals surface area (Å²) in [5, 5.41) is 1.14. The molecule has 4 heteroatoms. The Morgan fingerprint density at radius 3 is 1.83 bits per heavy atom. The number of nitrogens with zero attached hydrogens (tertiary/aromatic N) is 1. The van der Waals surface area contributed by atoms with E-state index in [-0.39, 0.29) is 12.6 Å². The van der Waals surface area contributed by atoms with Gasteiger partial charge in [0.2, 0.25) is 0 Å². The lowest BCUT2D eigenvalue weighted by molar-refractivity contribution is -0.152. The number of ether oxygens (including phenoxy) is 1. The molecule has 0 aliphatic heterocycles. The average molecular weight is 475 g/mol. The molecular formula is C32H30N2O2. The second kappa shape index (κ2) is 11.5. The summed E-state index contributed by atoms with van der Waals surface area (Å²) in [4.78, 5) is 19.3. The van der Waals surface area contributed by atoms with Crippen LogP contribution in [0.15, 0.2) is 121 Å². The summed E-state index contributed by atoms with van der Waals surface area (Å²) in [6.07, 6.45) is 2.57. The molecule has 180 valence electrons. The molecule has 0 bridgehead atoms. The van der Waals surface area contributed by atoms with Crippen LogP contribution in [0.5, 0.6) is 0 Å². The van der Waals surface area contributed by atoms with Gasteiger partial charge in [-0.3, -0.25) is 9.69 Å². The van der Waals surface area contributed by atoms with Crippen molar-refractivity contribution < 1.29 is 9.53 Å². The van der Waals surface area contributed by atoms with Gasteiger partial charge in [0.25, 0.3) is 0 Å². The molecule has 1 unspecified atom stereocenters. The van der Waals surface area contributed by atoms with Crippen molar-refractivity contribution in [1.29, 1.82) is 0 Å². The second-order valence-corrected chi connectivity index (χ2v) is 9.05. The molecule has 0 fully saturated rings. The molecule has 5 rings (SSSR count). The maximum absolute atomic E-state index is 13.7. The van der Waals surface area contributed by atoms with E-state index in [2.05, 4.69) is 46.3 Å². The fraction of sp³-hybridized carbons (Fsp3) is 0.156. The normalized spacial score (nSPS) is 12.0. The summed E-state index contributed by atoms with van der Waals surface area (Å²) >= 11 is 0. The van der Waals surface area contributed by atoms with Gasteiger partial charge in [0.1, 0.15) is 12.6 Å². The maximum Gasteiger partial charge on any atom is 0.324 e. The van der Waals surface area contributed by atoms with E-state index in [9.17, 15) is 4.79 Å². The number of para-hydroxylation sites is 1. The Bertz CT molecular complexity index is 1340. The monoisotopic (exact) mass is 474 g/mol. The molecular weight excluding hydrogens is 444 g/mol. The summed E-state index contributed by atoms with van der Waals surface area (Å²) < 4.78 is 5.92. The molecule has 0 aliphatic rings. The van der Waals surface area contributed by atoms with Crippen molar-refractivity contribution in [3.05, 3.63) is 144 Å². The number of esters is 1. The van der Waals surface area contributed by atoms with Crippen LogP contribution in [0.25, 0.3) is 10.9 Å². The zero-order valence-corrected chi connectivity index (χ0v) is 20.2. The van der Waals surface area contributed by atoms with Crippen LogP contribution in [0.2, 0.25) is 0 Å². The number of hydrogen-bond donors (Lipinski definition) is 1. The van der Waals surface area contributed by atoms with Crippen LogP contribution in [0, 0.1) is 0 Å². The van der Waals surface area contributed by atoms with E-state index in [1.54, 1.807) is 0 Å². The molecule has 1 atom stereocenters. The summed E-state index contributed by atoms with van der Waals surface area (Å²) in [6.45, 7) is 1.54. The Balaban J connectivity index is 1.47. The van der Waals surface area contributed by atoms with E-state index in [0.717, 1.165) is 33.2 Å². The quantitative estimate of drug-likeness (QED) is 0.234. The first-order chi connectivity index (χ1) is 17.8. The van der Waals surface area contributed by atoms with Gasteiger partial charge in [-0.15, -0.1) is 0 Å². The lowest BCUT2D eigenvalue weighted by Gasteiger charge is -2.30. The highest BCUT2D eigenvalue weighted by molar-refractivity contribution is 5.84. The van der Waals surface area contributed by atoms with Crippen molar-refractivity contribution in [2.45, 2.75) is 32.2 Å². The molecule has 4 nitrogen and oxygen atoms in total. The number of hydrogen-bond acceptors (Lipinski definition) is 3. The number of H-pyrrole nitrogens is 1. The summed E-state index contributed by atoms with van der Waals surface area (Å²) in [6, 6.07) is 38.2. The van der Waals surface area contributed by atoms with E-state index in [1.807, 2.05) is 85.1 Å². The molecule has 4 aromatic carbocycles. The van der Waals surface area contributed by atoms with Crippen LogP contribution in [-0.4, -0.2) is 21.9 Å². The summed E-state index contributed by atoms with van der Waals surface area (Å²) in [5.74, 6) is -0.212. The predicted octanol–water partition coefficient (Wildman–Crippen LogP) is 6.52. The number of benzene rings is 4. The SMILES string of the molecule is O=C(OCc1ccccc1)C(Cc1c[nH]c2ccccc12)N(Cc1ccccc1)Cc1ccccc1. The van der Waals surface area contributed by atoms with Crippen molar-refractivity contribution in [3.8, 4) is 0 Å². The van der Waals surface area contributed by atoms with E-state index in [1.165, 1.54) is 0 Å². The molecule has 36 heavy (non-hydrogen) atoms. The molecule has 1 heterocycles. The Morgan fingerprint density at radius 2 is 1.22 bits per heavy atom. The third kappa shape index (κ3) is 5.91. The topological polar surface area (TPSA) is 45.3 Å². The standard InChI is InChI=1S/C32H30N2O2/c35-32(36-24-27-16-8-3-9-17-27)31(20-28-21-33-30-19-11-10-18-29(28)30)34(22-25-12-4-1-5-13-25)23-26-14-6-2-7-15-26/h1-19,21,31,33H,20,22-24H2. The lowest BCUT2D eigenvalue weighted by atomic mass is 10.0. The Hall–Kier alpha value is -4.15. The third-order valence-electron chi connectivity index (χ3n) is 6.48. The Morgan fingerprint density at radius 1 is 0.694 bits per heavy atom. The van der Waals surface area contributed by atoms with Crippen LogP contribution in [0.1, 0.15) is 22.3 Å². The van der Waals surface area contributed by atoms with E-state index < -0.39 is 6.04 Å². The smallest absolute Gasteiger partial charge is 0.324 e. The first-order valence-corrected chi connectivity index (χ1v) is 12.3. The minimum absolute atomic E-state index is 0.212. The highest BCUT2D eigenvalue weighted by atomic mass is 16.5. The number of nitrogens with one attached hydrogen (secondary N) is 1. The van der Waals surface area contributed by atoms with Crippen molar-refractivity contribution in [2.75, 3.05) is 0 Å². The molecule has 0 spiro atoms. The molecule has 0 aliphatic carbocycles. The number of carbonyl (C=O) groups excluding carboxylic acids is 1. The van der Waals surface area contributed by atoms with Gasteiger partial charge in [0.15, 0.2) is 0 Å². The molecule has 1 N–H and O–H groups in total. The first-order valence-electron chi connectivity index (χ1n) is 12.3. The molecule has 1 aromatic heterocycles. The van der Waals surface area contributed by atoms with E-state index >= 15 is 0 Å². The van der Waals surface area contributed by atoms with Crippen LogP contribution in [-0.2, 0) is 35.6 Å². The number of rotatable bonds is 10. The van der Waals surface area contributed by atoms with Gasteiger partial charge < -0.3 is 9.72 Å². The number of aromatic nitrogens is 1. The van der Waals surface area contributed by atoms with Gasteiger partial charge >= 0.3 is 5.97 Å². The Labute approximate surface area is 212 Å².